The van der Waals surface area contributed by atoms with Crippen LogP contribution in [0.4, 0.5) is 5.69 Å². The zero-order valence-corrected chi connectivity index (χ0v) is 15.8. The number of fused-ring (bicyclic) bond motifs is 1. The average molecular weight is 417 g/mol. The molecular weight excluding hydrogens is 400 g/mol. The molecule has 0 N–H and O–H groups in total. The van der Waals surface area contributed by atoms with Gasteiger partial charge in [-0.25, -0.2) is 8.42 Å². The van der Waals surface area contributed by atoms with Gasteiger partial charge in [0.05, 0.1) is 17.5 Å². The number of amides is 1. The van der Waals surface area contributed by atoms with Crippen LogP contribution in [0.3, 0.4) is 0 Å². The summed E-state index contributed by atoms with van der Waals surface area (Å²) in [6, 6.07) is 7.49. The minimum Gasteiger partial charge on any atom is -0.316 e. The molecule has 2 unspecified atom stereocenters. The standard InChI is InChI=1S/C15H17BrN2O3S2/c1-2-4-14(19)17-15-18(11-6-3-5-10(16)7-11)12-8-23(20,21)9-13(12)22-15/h3,5-7,12-13H,2,4,8-9H2,1H3. The molecule has 23 heavy (non-hydrogen) atoms. The number of hydrogen-bond acceptors (Lipinski definition) is 4. The SMILES string of the molecule is CCCC(=O)N=C1SC2CS(=O)(=O)CC2N1c1cccc(Br)c1. The highest BCUT2D eigenvalue weighted by atomic mass is 79.9. The first-order valence-corrected chi connectivity index (χ1v) is 10.9. The summed E-state index contributed by atoms with van der Waals surface area (Å²) in [6.07, 6.45) is 1.16. The summed E-state index contributed by atoms with van der Waals surface area (Å²) >= 11 is 4.85. The van der Waals surface area contributed by atoms with Crippen LogP contribution in [0.5, 0.6) is 0 Å². The van der Waals surface area contributed by atoms with Gasteiger partial charge in [-0.3, -0.25) is 4.79 Å². The second kappa shape index (κ2) is 6.57. The van der Waals surface area contributed by atoms with E-state index in [4.69, 9.17) is 0 Å². The van der Waals surface area contributed by atoms with E-state index < -0.39 is 9.84 Å². The molecule has 124 valence electrons. The number of thioether (sulfide) groups is 1. The first-order chi connectivity index (χ1) is 10.9. The quantitative estimate of drug-likeness (QED) is 0.757. The van der Waals surface area contributed by atoms with Crippen molar-refractivity contribution in [2.75, 3.05) is 16.4 Å². The van der Waals surface area contributed by atoms with Crippen molar-refractivity contribution < 1.29 is 13.2 Å². The predicted molar refractivity (Wildman–Crippen MR) is 97.8 cm³/mol. The Hall–Kier alpha value is -0.860. The van der Waals surface area contributed by atoms with E-state index >= 15 is 0 Å². The molecule has 0 aromatic heterocycles. The third-order valence-electron chi connectivity index (χ3n) is 3.84. The highest BCUT2D eigenvalue weighted by Gasteiger charge is 2.49. The lowest BCUT2D eigenvalue weighted by molar-refractivity contribution is -0.117. The Morgan fingerprint density at radius 2 is 2.22 bits per heavy atom. The topological polar surface area (TPSA) is 66.8 Å². The summed E-state index contributed by atoms with van der Waals surface area (Å²) in [5, 5.41) is 0.554. The number of nitrogens with zero attached hydrogens (tertiary/aromatic N) is 2. The second-order valence-electron chi connectivity index (χ2n) is 5.69. The van der Waals surface area contributed by atoms with Gasteiger partial charge in [-0.05, 0) is 24.6 Å². The van der Waals surface area contributed by atoms with Gasteiger partial charge in [-0.1, -0.05) is 40.7 Å². The molecule has 0 aliphatic carbocycles. The maximum Gasteiger partial charge on any atom is 0.248 e. The minimum atomic E-state index is -3.03. The molecular formula is C15H17BrN2O3S2. The van der Waals surface area contributed by atoms with Gasteiger partial charge in [0.25, 0.3) is 0 Å². The Labute approximate surface area is 148 Å². The van der Waals surface area contributed by atoms with E-state index in [1.165, 1.54) is 11.8 Å². The Kier molecular flexibility index (Phi) is 4.85. The number of benzene rings is 1. The van der Waals surface area contributed by atoms with Gasteiger partial charge >= 0.3 is 0 Å². The Morgan fingerprint density at radius 1 is 1.43 bits per heavy atom. The molecule has 2 fully saturated rings. The van der Waals surface area contributed by atoms with Gasteiger partial charge in [-0.2, -0.15) is 4.99 Å². The lowest BCUT2D eigenvalue weighted by atomic mass is 10.2. The van der Waals surface area contributed by atoms with Crippen molar-refractivity contribution in [2.45, 2.75) is 31.1 Å². The second-order valence-corrected chi connectivity index (χ2v) is 9.96. The highest BCUT2D eigenvalue weighted by molar-refractivity contribution is 9.10. The number of halogens is 1. The van der Waals surface area contributed by atoms with E-state index in [0.717, 1.165) is 16.6 Å². The lowest BCUT2D eigenvalue weighted by Gasteiger charge is -2.24. The Bertz CT molecular complexity index is 764. The van der Waals surface area contributed by atoms with Crippen molar-refractivity contribution >= 4 is 54.3 Å². The molecule has 2 heterocycles. The zero-order chi connectivity index (χ0) is 16.6. The van der Waals surface area contributed by atoms with E-state index in [1.807, 2.05) is 36.1 Å². The smallest absolute Gasteiger partial charge is 0.248 e. The molecule has 0 radical (unpaired) electrons. The summed E-state index contributed by atoms with van der Waals surface area (Å²) in [5.74, 6) is 0.101. The number of sulfone groups is 1. The molecule has 5 nitrogen and oxygen atoms in total. The van der Waals surface area contributed by atoms with Crippen LogP contribution >= 0.6 is 27.7 Å². The fraction of sp³-hybridized carbons (Fsp3) is 0.467. The summed E-state index contributed by atoms with van der Waals surface area (Å²) in [6.45, 7) is 1.94. The molecule has 3 rings (SSSR count). The molecule has 1 amide bonds. The number of carbonyl (C=O) groups excluding carboxylic acids is 1. The number of anilines is 1. The van der Waals surface area contributed by atoms with Crippen LogP contribution in [0, 0.1) is 0 Å². The van der Waals surface area contributed by atoms with Crippen molar-refractivity contribution in [3.8, 4) is 0 Å². The third kappa shape index (κ3) is 3.64. The van der Waals surface area contributed by atoms with Crippen molar-refractivity contribution in [2.24, 2.45) is 4.99 Å². The maximum atomic E-state index is 12.0. The van der Waals surface area contributed by atoms with E-state index in [-0.39, 0.29) is 28.7 Å². The van der Waals surface area contributed by atoms with Gasteiger partial charge in [0, 0.05) is 21.8 Å². The average Bonchev–Trinajstić information content (AvgIpc) is 2.89. The maximum absolute atomic E-state index is 12.0. The molecule has 2 atom stereocenters. The third-order valence-corrected chi connectivity index (χ3v) is 7.54. The van der Waals surface area contributed by atoms with Crippen molar-refractivity contribution in [3.05, 3.63) is 28.7 Å². The number of rotatable bonds is 3. The molecule has 2 aliphatic heterocycles. The van der Waals surface area contributed by atoms with Crippen molar-refractivity contribution in [3.63, 3.8) is 0 Å². The molecule has 8 heteroatoms. The van der Waals surface area contributed by atoms with Crippen molar-refractivity contribution in [1.82, 2.24) is 0 Å². The molecule has 0 bridgehead atoms. The monoisotopic (exact) mass is 416 g/mol. The molecule has 0 spiro atoms. The number of carbonyl (C=O) groups is 1. The van der Waals surface area contributed by atoms with Crippen molar-refractivity contribution in [1.29, 1.82) is 0 Å². The first-order valence-electron chi connectivity index (χ1n) is 7.43. The van der Waals surface area contributed by atoms with Gasteiger partial charge in [0.2, 0.25) is 5.91 Å². The number of aliphatic imine (C=N–C) groups is 1. The van der Waals surface area contributed by atoms with E-state index in [9.17, 15) is 13.2 Å². The van der Waals surface area contributed by atoms with Crippen LogP contribution in [0.2, 0.25) is 0 Å². The van der Waals surface area contributed by atoms with Crippen LogP contribution in [-0.4, -0.2) is 42.3 Å². The molecule has 0 saturated carbocycles. The van der Waals surface area contributed by atoms with Gasteiger partial charge in [0.1, 0.15) is 0 Å². The molecule has 2 saturated heterocycles. The first kappa shape index (κ1) is 17.0. The largest absolute Gasteiger partial charge is 0.316 e. The number of hydrogen-bond donors (Lipinski definition) is 0. The normalized spacial score (nSPS) is 27.4. The van der Waals surface area contributed by atoms with Gasteiger partial charge < -0.3 is 4.90 Å². The van der Waals surface area contributed by atoms with Gasteiger partial charge in [-0.15, -0.1) is 0 Å². The van der Waals surface area contributed by atoms with Crippen LogP contribution in [0.25, 0.3) is 0 Å². The van der Waals surface area contributed by atoms with Crippen LogP contribution in [0.1, 0.15) is 19.8 Å². The number of amidine groups is 1. The summed E-state index contributed by atoms with van der Waals surface area (Å²) in [4.78, 5) is 18.1. The summed E-state index contributed by atoms with van der Waals surface area (Å²) in [7, 11) is -3.03. The fourth-order valence-electron chi connectivity index (χ4n) is 2.87. The highest BCUT2D eigenvalue weighted by Crippen LogP contribution is 2.41. The van der Waals surface area contributed by atoms with Gasteiger partial charge in [0.15, 0.2) is 15.0 Å². The van der Waals surface area contributed by atoms with Crippen LogP contribution in [-0.2, 0) is 14.6 Å². The Balaban J connectivity index is 1.99. The molecule has 1 aromatic rings. The van der Waals surface area contributed by atoms with E-state index in [0.29, 0.717) is 11.6 Å². The minimum absolute atomic E-state index is 0.0628. The molecule has 2 aliphatic rings. The summed E-state index contributed by atoms with van der Waals surface area (Å²) in [5.41, 5.74) is 0.861. The lowest BCUT2D eigenvalue weighted by Crippen LogP contribution is -2.37. The van der Waals surface area contributed by atoms with E-state index in [2.05, 4.69) is 20.9 Å². The predicted octanol–water partition coefficient (Wildman–Crippen LogP) is 2.85. The Morgan fingerprint density at radius 3 is 2.91 bits per heavy atom. The summed E-state index contributed by atoms with van der Waals surface area (Å²) < 4.78 is 24.8. The fourth-order valence-corrected chi connectivity index (χ4v) is 7.19. The zero-order valence-electron chi connectivity index (χ0n) is 12.6. The van der Waals surface area contributed by atoms with E-state index in [1.54, 1.807) is 0 Å². The van der Waals surface area contributed by atoms with Crippen LogP contribution in [0.15, 0.2) is 33.7 Å². The van der Waals surface area contributed by atoms with Crippen LogP contribution < -0.4 is 4.90 Å². The molecule has 1 aromatic carbocycles.